The molecule has 0 unspecified atom stereocenters. The van der Waals surface area contributed by atoms with Crippen molar-refractivity contribution in [2.45, 2.75) is 12.5 Å². The minimum absolute atomic E-state index is 0.0354. The van der Waals surface area contributed by atoms with E-state index in [9.17, 15) is 18.4 Å². The van der Waals surface area contributed by atoms with Gasteiger partial charge in [0.1, 0.15) is 22.4 Å². The number of hydrogen-bond acceptors (Lipinski definition) is 5. The molecule has 1 heterocycles. The van der Waals surface area contributed by atoms with E-state index in [1.54, 1.807) is 12.1 Å². The number of halogens is 3. The summed E-state index contributed by atoms with van der Waals surface area (Å²) >= 11 is 5.86. The first-order valence-electron chi connectivity index (χ1n) is 9.12. The van der Waals surface area contributed by atoms with Crippen LogP contribution in [0.1, 0.15) is 5.56 Å². The highest BCUT2D eigenvalue weighted by atomic mass is 35.5. The standard InChI is InChI=1S/C17H16ClF2NO2.C4H4O4/c18-17-14(20)8-12(19)9-16(17)23-15-4-2-1-3-11(15)7-13-10-21-5-6-22-13;5-3(6)1-2-4(7)8/h1-4,8-9,13,21H,5-7,10H2;1-2H,(H,5,6)(H,7,8)/b;2-1+/t13-;/m0./s1. The molecule has 31 heavy (non-hydrogen) atoms. The number of carbonyl (C=O) groups is 2. The van der Waals surface area contributed by atoms with Crippen molar-refractivity contribution in [2.75, 3.05) is 19.7 Å². The predicted octanol–water partition coefficient (Wildman–Crippen LogP) is 3.65. The van der Waals surface area contributed by atoms with Gasteiger partial charge in [-0.3, -0.25) is 0 Å². The molecule has 1 aliphatic heterocycles. The van der Waals surface area contributed by atoms with Gasteiger partial charge in [-0.15, -0.1) is 0 Å². The van der Waals surface area contributed by atoms with E-state index in [2.05, 4.69) is 5.32 Å². The predicted molar refractivity (Wildman–Crippen MR) is 109 cm³/mol. The number of carboxylic acid groups (broad SMARTS) is 2. The van der Waals surface area contributed by atoms with Gasteiger partial charge in [-0.2, -0.15) is 0 Å². The fraction of sp³-hybridized carbons (Fsp3) is 0.238. The minimum Gasteiger partial charge on any atom is -0.478 e. The lowest BCUT2D eigenvalue weighted by atomic mass is 10.1. The lowest BCUT2D eigenvalue weighted by molar-refractivity contribution is -0.134. The van der Waals surface area contributed by atoms with Crippen molar-refractivity contribution in [3.05, 3.63) is 70.8 Å². The van der Waals surface area contributed by atoms with Crippen molar-refractivity contribution in [2.24, 2.45) is 0 Å². The van der Waals surface area contributed by atoms with Crippen molar-refractivity contribution in [3.8, 4) is 11.5 Å². The summed E-state index contributed by atoms with van der Waals surface area (Å²) < 4.78 is 38.3. The molecule has 3 N–H and O–H groups in total. The molecule has 7 nitrogen and oxygen atoms in total. The van der Waals surface area contributed by atoms with Gasteiger partial charge in [0.15, 0.2) is 5.75 Å². The summed E-state index contributed by atoms with van der Waals surface area (Å²) in [5.74, 6) is -3.63. The van der Waals surface area contributed by atoms with Crippen molar-refractivity contribution >= 4 is 23.5 Å². The zero-order chi connectivity index (χ0) is 22.8. The molecule has 0 aromatic heterocycles. The maximum absolute atomic E-state index is 13.5. The third kappa shape index (κ3) is 8.33. The van der Waals surface area contributed by atoms with Crippen LogP contribution < -0.4 is 10.1 Å². The van der Waals surface area contributed by atoms with E-state index in [4.69, 9.17) is 31.3 Å². The summed E-state index contributed by atoms with van der Waals surface area (Å²) in [5.41, 5.74) is 0.891. The molecule has 1 atom stereocenters. The highest BCUT2D eigenvalue weighted by Gasteiger charge is 2.18. The van der Waals surface area contributed by atoms with Crippen LogP contribution in [0.15, 0.2) is 48.6 Å². The lowest BCUT2D eigenvalue weighted by Crippen LogP contribution is -2.39. The number of aliphatic carboxylic acids is 2. The smallest absolute Gasteiger partial charge is 0.328 e. The number of para-hydroxylation sites is 1. The zero-order valence-corrected chi connectivity index (χ0v) is 16.9. The van der Waals surface area contributed by atoms with Crippen molar-refractivity contribution < 1.29 is 38.1 Å². The maximum Gasteiger partial charge on any atom is 0.328 e. The van der Waals surface area contributed by atoms with Crippen LogP contribution in [0.5, 0.6) is 11.5 Å². The number of nitrogens with one attached hydrogen (secondary N) is 1. The van der Waals surface area contributed by atoms with E-state index in [1.165, 1.54) is 0 Å². The SMILES string of the molecule is Fc1cc(F)c(Cl)c(Oc2ccccc2C[C@H]2CNCCO2)c1.O=C(O)/C=C/C(=O)O. The van der Waals surface area contributed by atoms with Gasteiger partial charge >= 0.3 is 11.9 Å². The summed E-state index contributed by atoms with van der Waals surface area (Å²) in [5, 5.41) is 18.6. The summed E-state index contributed by atoms with van der Waals surface area (Å²) in [7, 11) is 0. The first kappa shape index (κ1) is 24.3. The maximum atomic E-state index is 13.5. The molecule has 10 heteroatoms. The van der Waals surface area contributed by atoms with Crippen LogP contribution in [0, 0.1) is 11.6 Å². The van der Waals surface area contributed by atoms with Gasteiger partial charge < -0.3 is 25.0 Å². The first-order valence-corrected chi connectivity index (χ1v) is 9.50. The molecule has 1 fully saturated rings. The monoisotopic (exact) mass is 455 g/mol. The Kier molecular flexibility index (Phi) is 9.39. The van der Waals surface area contributed by atoms with Gasteiger partial charge in [0.25, 0.3) is 0 Å². The largest absolute Gasteiger partial charge is 0.478 e. The normalized spacial score (nSPS) is 15.8. The number of benzene rings is 2. The zero-order valence-electron chi connectivity index (χ0n) is 16.2. The third-order valence-corrected chi connectivity index (χ3v) is 4.34. The average Bonchev–Trinajstić information content (AvgIpc) is 2.73. The Morgan fingerprint density at radius 1 is 1.16 bits per heavy atom. The molecule has 0 saturated carbocycles. The fourth-order valence-corrected chi connectivity index (χ4v) is 2.78. The number of ether oxygens (including phenoxy) is 2. The molecule has 1 aliphatic rings. The second kappa shape index (κ2) is 12.0. The van der Waals surface area contributed by atoms with Gasteiger partial charge in [-0.1, -0.05) is 29.8 Å². The molecule has 2 aromatic carbocycles. The first-order chi connectivity index (χ1) is 14.8. The van der Waals surface area contributed by atoms with Crippen LogP contribution in [0.4, 0.5) is 8.78 Å². The number of rotatable bonds is 6. The number of carboxylic acids is 2. The molecule has 0 aliphatic carbocycles. The van der Waals surface area contributed by atoms with E-state index in [0.29, 0.717) is 30.9 Å². The molecule has 0 bridgehead atoms. The molecule has 2 aromatic rings. The lowest BCUT2D eigenvalue weighted by Gasteiger charge is -2.24. The van der Waals surface area contributed by atoms with E-state index in [0.717, 1.165) is 30.8 Å². The summed E-state index contributed by atoms with van der Waals surface area (Å²) in [6, 6.07) is 9.11. The Hall–Kier alpha value is -3.01. The molecule has 166 valence electrons. The van der Waals surface area contributed by atoms with E-state index in [1.807, 2.05) is 12.1 Å². The van der Waals surface area contributed by atoms with Gasteiger partial charge in [0, 0.05) is 43.8 Å². The van der Waals surface area contributed by atoms with Gasteiger partial charge in [0.2, 0.25) is 0 Å². The highest BCUT2D eigenvalue weighted by molar-refractivity contribution is 6.32. The quantitative estimate of drug-likeness (QED) is 0.451. The van der Waals surface area contributed by atoms with Gasteiger partial charge in [-0.05, 0) is 11.6 Å². The van der Waals surface area contributed by atoms with Crippen molar-refractivity contribution in [3.63, 3.8) is 0 Å². The molecule has 3 rings (SSSR count). The molecule has 0 spiro atoms. The van der Waals surface area contributed by atoms with Crippen LogP contribution in [0.2, 0.25) is 5.02 Å². The van der Waals surface area contributed by atoms with Crippen LogP contribution >= 0.6 is 11.6 Å². The Morgan fingerprint density at radius 2 is 1.84 bits per heavy atom. The van der Waals surface area contributed by atoms with Crippen molar-refractivity contribution in [1.82, 2.24) is 5.32 Å². The van der Waals surface area contributed by atoms with E-state index < -0.39 is 23.6 Å². The second-order valence-electron chi connectivity index (χ2n) is 6.32. The summed E-state index contributed by atoms with van der Waals surface area (Å²) in [4.78, 5) is 19.1. The van der Waals surface area contributed by atoms with Gasteiger partial charge in [0.05, 0.1) is 12.7 Å². The molecular weight excluding hydrogens is 436 g/mol. The van der Waals surface area contributed by atoms with Gasteiger partial charge in [-0.25, -0.2) is 18.4 Å². The average molecular weight is 456 g/mol. The summed E-state index contributed by atoms with van der Waals surface area (Å²) in [6.07, 6.45) is 1.79. The van der Waals surface area contributed by atoms with Crippen LogP contribution in [-0.2, 0) is 20.7 Å². The fourth-order valence-electron chi connectivity index (χ4n) is 2.64. The van der Waals surface area contributed by atoms with E-state index in [-0.39, 0.29) is 16.9 Å². The molecule has 0 amide bonds. The molecule has 0 radical (unpaired) electrons. The third-order valence-electron chi connectivity index (χ3n) is 3.97. The minimum atomic E-state index is -1.26. The van der Waals surface area contributed by atoms with E-state index >= 15 is 0 Å². The Bertz CT molecular complexity index is 931. The molecular formula is C21H20ClF2NO6. The topological polar surface area (TPSA) is 105 Å². The number of hydrogen-bond donors (Lipinski definition) is 3. The van der Waals surface area contributed by atoms with Crippen LogP contribution in [0.3, 0.4) is 0 Å². The van der Waals surface area contributed by atoms with Crippen LogP contribution in [-0.4, -0.2) is 48.0 Å². The summed E-state index contributed by atoms with van der Waals surface area (Å²) in [6.45, 7) is 2.26. The second-order valence-corrected chi connectivity index (χ2v) is 6.70. The van der Waals surface area contributed by atoms with Crippen molar-refractivity contribution in [1.29, 1.82) is 0 Å². The Labute approximate surface area is 181 Å². The number of morpholine rings is 1. The highest BCUT2D eigenvalue weighted by Crippen LogP contribution is 2.34. The molecule has 1 saturated heterocycles. The Morgan fingerprint density at radius 3 is 2.45 bits per heavy atom. The Balaban J connectivity index is 0.000000366. The van der Waals surface area contributed by atoms with Crippen LogP contribution in [0.25, 0.3) is 0 Å².